The molecule has 0 saturated carbocycles. The quantitative estimate of drug-likeness (QED) is 0.459. The van der Waals surface area contributed by atoms with E-state index in [2.05, 4.69) is 97.4 Å². The van der Waals surface area contributed by atoms with Gasteiger partial charge in [-0.15, -0.1) is 0 Å². The Bertz CT molecular complexity index is 1190. The highest BCUT2D eigenvalue weighted by atomic mass is 15.0. The average Bonchev–Trinajstić information content (AvgIpc) is 3.02. The number of nitrogens with zero attached hydrogens (tertiary/aromatic N) is 1. The van der Waals surface area contributed by atoms with Crippen molar-refractivity contribution in [2.45, 2.75) is 12.8 Å². The zero-order chi connectivity index (χ0) is 17.5. The maximum Gasteiger partial charge on any atom is 0.139 e. The second-order valence-corrected chi connectivity index (χ2v) is 7.08. The maximum absolute atomic E-state index is 2.44. The summed E-state index contributed by atoms with van der Waals surface area (Å²) in [4.78, 5) is 0. The van der Waals surface area contributed by atoms with Gasteiger partial charge in [0.1, 0.15) is 7.85 Å². The van der Waals surface area contributed by atoms with Crippen LogP contribution in [0.15, 0.2) is 85.0 Å². The summed E-state index contributed by atoms with van der Waals surface area (Å²) in [7, 11) is 2.15. The van der Waals surface area contributed by atoms with Crippen LogP contribution < -0.4 is 5.46 Å². The summed E-state index contributed by atoms with van der Waals surface area (Å²) in [6, 6.07) is 24.4. The van der Waals surface area contributed by atoms with E-state index in [-0.39, 0.29) is 0 Å². The van der Waals surface area contributed by atoms with E-state index < -0.39 is 0 Å². The molecule has 1 heterocycles. The molecule has 1 aliphatic carbocycles. The normalized spacial score (nSPS) is 14.1. The molecule has 0 N–H and O–H groups in total. The summed E-state index contributed by atoms with van der Waals surface area (Å²) >= 11 is 0. The topological polar surface area (TPSA) is 4.93 Å². The minimum atomic E-state index is 1.09. The Kier molecular flexibility index (Phi) is 3.56. The molecular formula is C24H20BN. The number of hydrogen-bond donors (Lipinski definition) is 0. The molecule has 0 aliphatic heterocycles. The van der Waals surface area contributed by atoms with Gasteiger partial charge in [-0.05, 0) is 48.2 Å². The zero-order valence-electron chi connectivity index (χ0n) is 14.9. The largest absolute Gasteiger partial charge is 0.313 e. The van der Waals surface area contributed by atoms with Gasteiger partial charge in [0.2, 0.25) is 0 Å². The monoisotopic (exact) mass is 333 g/mol. The van der Waals surface area contributed by atoms with Crippen LogP contribution in [0.2, 0.25) is 0 Å². The van der Waals surface area contributed by atoms with Crippen molar-refractivity contribution < 1.29 is 0 Å². The van der Waals surface area contributed by atoms with Crippen LogP contribution in [-0.4, -0.2) is 12.4 Å². The third-order valence-electron chi connectivity index (χ3n) is 5.30. The first kappa shape index (κ1) is 15.3. The lowest BCUT2D eigenvalue weighted by atomic mass is 9.92. The fourth-order valence-electron chi connectivity index (χ4n) is 4.06. The van der Waals surface area contributed by atoms with Gasteiger partial charge < -0.3 is 4.57 Å². The molecule has 0 spiro atoms. The highest BCUT2D eigenvalue weighted by Gasteiger charge is 2.14. The Morgan fingerprint density at radius 2 is 1.62 bits per heavy atom. The van der Waals surface area contributed by atoms with Gasteiger partial charge in [-0.1, -0.05) is 66.1 Å². The molecule has 4 aromatic rings. The zero-order valence-corrected chi connectivity index (χ0v) is 14.9. The van der Waals surface area contributed by atoms with E-state index in [1.54, 1.807) is 0 Å². The van der Waals surface area contributed by atoms with E-state index >= 15 is 0 Å². The Hall–Kier alpha value is -3.00. The van der Waals surface area contributed by atoms with Crippen LogP contribution in [0.25, 0.3) is 38.6 Å². The molecule has 0 radical (unpaired) electrons. The smallest absolute Gasteiger partial charge is 0.139 e. The Balaban J connectivity index is 1.81. The molecule has 0 unspecified atom stereocenters. The van der Waals surface area contributed by atoms with Crippen molar-refractivity contribution in [2.75, 3.05) is 0 Å². The van der Waals surface area contributed by atoms with Gasteiger partial charge in [0.15, 0.2) is 0 Å². The summed E-state index contributed by atoms with van der Waals surface area (Å²) in [6.45, 7) is 0. The number of aromatic nitrogens is 1. The van der Waals surface area contributed by atoms with E-state index in [0.717, 1.165) is 12.8 Å². The lowest BCUT2D eigenvalue weighted by molar-refractivity contribution is 0.979. The molecule has 5 rings (SSSR count). The number of para-hydroxylation sites is 1. The Morgan fingerprint density at radius 1 is 0.769 bits per heavy atom. The number of rotatable bonds is 2. The average molecular weight is 333 g/mol. The Morgan fingerprint density at radius 3 is 2.46 bits per heavy atom. The number of fused-ring (bicyclic) bond motifs is 3. The first-order valence-corrected chi connectivity index (χ1v) is 9.27. The standard InChI is InChI=1S/C24H20BN/c25-19-8-6-7-17(15-19)18-13-14-24-22(16-18)21-11-4-5-12-23(21)26(24)20-9-2-1-3-10-20/h1-2,4-9,11-16H,3,10,25H2. The van der Waals surface area contributed by atoms with Crippen LogP contribution in [0.4, 0.5) is 0 Å². The minimum absolute atomic E-state index is 1.09. The van der Waals surface area contributed by atoms with Gasteiger partial charge in [-0.25, -0.2) is 0 Å². The summed E-state index contributed by atoms with van der Waals surface area (Å²) in [5.74, 6) is 0. The van der Waals surface area contributed by atoms with Gasteiger partial charge in [-0.3, -0.25) is 0 Å². The van der Waals surface area contributed by atoms with Crippen LogP contribution in [0.3, 0.4) is 0 Å². The molecule has 0 amide bonds. The van der Waals surface area contributed by atoms with E-state index in [4.69, 9.17) is 0 Å². The summed E-state index contributed by atoms with van der Waals surface area (Å²) in [6.07, 6.45) is 8.88. The predicted molar refractivity (Wildman–Crippen MR) is 116 cm³/mol. The first-order chi connectivity index (χ1) is 12.8. The van der Waals surface area contributed by atoms with Gasteiger partial charge >= 0.3 is 0 Å². The molecule has 124 valence electrons. The molecule has 0 atom stereocenters. The molecule has 26 heavy (non-hydrogen) atoms. The Labute approximate surface area is 154 Å². The molecule has 0 saturated heterocycles. The van der Waals surface area contributed by atoms with Gasteiger partial charge in [0, 0.05) is 16.5 Å². The van der Waals surface area contributed by atoms with Crippen molar-refractivity contribution in [1.82, 2.24) is 4.57 Å². The van der Waals surface area contributed by atoms with Crippen molar-refractivity contribution in [3.63, 3.8) is 0 Å². The van der Waals surface area contributed by atoms with Gasteiger partial charge in [0.05, 0.1) is 11.0 Å². The van der Waals surface area contributed by atoms with Gasteiger partial charge in [-0.2, -0.15) is 0 Å². The second-order valence-electron chi connectivity index (χ2n) is 7.08. The van der Waals surface area contributed by atoms with E-state index in [1.165, 1.54) is 44.1 Å². The molecule has 0 bridgehead atoms. The molecular weight excluding hydrogens is 313 g/mol. The van der Waals surface area contributed by atoms with Crippen molar-refractivity contribution in [3.05, 3.63) is 85.0 Å². The third kappa shape index (κ3) is 2.41. The predicted octanol–water partition coefficient (Wildman–Crippen LogP) is 4.91. The van der Waals surface area contributed by atoms with E-state index in [1.807, 2.05) is 0 Å². The van der Waals surface area contributed by atoms with Gasteiger partial charge in [0.25, 0.3) is 0 Å². The first-order valence-electron chi connectivity index (χ1n) is 9.27. The van der Waals surface area contributed by atoms with Crippen LogP contribution in [-0.2, 0) is 0 Å². The molecule has 0 fully saturated rings. The van der Waals surface area contributed by atoms with Crippen molar-refractivity contribution in [3.8, 4) is 11.1 Å². The highest BCUT2D eigenvalue weighted by molar-refractivity contribution is 6.32. The van der Waals surface area contributed by atoms with Crippen molar-refractivity contribution >= 4 is 40.8 Å². The summed E-state index contributed by atoms with van der Waals surface area (Å²) < 4.78 is 2.44. The van der Waals surface area contributed by atoms with E-state index in [0.29, 0.717) is 0 Å². The summed E-state index contributed by atoms with van der Waals surface area (Å²) in [5, 5.41) is 2.66. The maximum atomic E-state index is 2.44. The molecule has 2 heteroatoms. The molecule has 1 aromatic heterocycles. The van der Waals surface area contributed by atoms with Crippen LogP contribution in [0.5, 0.6) is 0 Å². The van der Waals surface area contributed by atoms with Crippen molar-refractivity contribution in [2.24, 2.45) is 0 Å². The number of allylic oxidation sites excluding steroid dienone is 4. The second kappa shape index (κ2) is 6.07. The van der Waals surface area contributed by atoms with Crippen LogP contribution >= 0.6 is 0 Å². The highest BCUT2D eigenvalue weighted by Crippen LogP contribution is 2.36. The van der Waals surface area contributed by atoms with Crippen LogP contribution in [0, 0.1) is 0 Å². The summed E-state index contributed by atoms with van der Waals surface area (Å²) in [5.41, 5.74) is 7.82. The lowest BCUT2D eigenvalue weighted by Crippen LogP contribution is -2.00. The third-order valence-corrected chi connectivity index (χ3v) is 5.30. The SMILES string of the molecule is Bc1cccc(-c2ccc3c(c2)c2ccccc2n3C2=CC=CCC2)c1. The van der Waals surface area contributed by atoms with Crippen LogP contribution in [0.1, 0.15) is 12.8 Å². The molecule has 1 aliphatic rings. The fraction of sp³-hybridized carbons (Fsp3) is 0.0833. The van der Waals surface area contributed by atoms with Crippen molar-refractivity contribution in [1.29, 1.82) is 0 Å². The molecule has 3 aromatic carbocycles. The number of benzene rings is 3. The lowest BCUT2D eigenvalue weighted by Gasteiger charge is -2.14. The molecule has 1 nitrogen and oxygen atoms in total. The number of hydrogen-bond acceptors (Lipinski definition) is 0. The minimum Gasteiger partial charge on any atom is -0.313 e. The fourth-order valence-corrected chi connectivity index (χ4v) is 4.06. The van der Waals surface area contributed by atoms with E-state index in [9.17, 15) is 0 Å².